The molecule has 0 aliphatic carbocycles. The first-order valence-electron chi connectivity index (χ1n) is 9.83. The molecule has 2 heterocycles. The Morgan fingerprint density at radius 2 is 1.72 bits per heavy atom. The van der Waals surface area contributed by atoms with Gasteiger partial charge >= 0.3 is 6.18 Å². The molecule has 29 heavy (non-hydrogen) atoms. The molecule has 0 amide bonds. The molecular weight excluding hydrogens is 377 g/mol. The van der Waals surface area contributed by atoms with E-state index in [0.717, 1.165) is 44.5 Å². The second kappa shape index (κ2) is 8.37. The average molecular weight is 400 g/mol. The van der Waals surface area contributed by atoms with Gasteiger partial charge in [-0.05, 0) is 56.0 Å². The van der Waals surface area contributed by atoms with Gasteiger partial charge in [0.1, 0.15) is 5.82 Å². The summed E-state index contributed by atoms with van der Waals surface area (Å²) >= 11 is 0. The summed E-state index contributed by atoms with van der Waals surface area (Å²) in [4.78, 5) is 5.39. The van der Waals surface area contributed by atoms with E-state index in [1.165, 1.54) is 11.6 Å². The van der Waals surface area contributed by atoms with Crippen LogP contribution in [0.4, 0.5) is 13.2 Å². The number of alkyl halides is 3. The van der Waals surface area contributed by atoms with Gasteiger partial charge in [0.2, 0.25) is 0 Å². The summed E-state index contributed by atoms with van der Waals surface area (Å²) in [5.41, 5.74) is 1.08. The zero-order valence-electron chi connectivity index (χ0n) is 16.0. The van der Waals surface area contributed by atoms with Crippen molar-refractivity contribution in [1.82, 2.24) is 20.1 Å². The molecule has 7 heteroatoms. The van der Waals surface area contributed by atoms with Gasteiger partial charge in [0, 0.05) is 5.56 Å². The lowest BCUT2D eigenvalue weighted by Gasteiger charge is -2.31. The number of hydrogen-bond acceptors (Lipinski definition) is 3. The summed E-state index contributed by atoms with van der Waals surface area (Å²) < 4.78 is 38.7. The van der Waals surface area contributed by atoms with Gasteiger partial charge < -0.3 is 4.98 Å². The number of hydrogen-bond donors (Lipinski definition) is 1. The maximum absolute atomic E-state index is 12.9. The smallest absolute Gasteiger partial charge is 0.324 e. The van der Waals surface area contributed by atoms with Gasteiger partial charge in [0.25, 0.3) is 0 Å². The van der Waals surface area contributed by atoms with E-state index in [9.17, 15) is 13.2 Å². The van der Waals surface area contributed by atoms with Crippen LogP contribution in [0.1, 0.15) is 29.8 Å². The number of benzene rings is 2. The zero-order chi connectivity index (χ0) is 20.3. The molecule has 152 valence electrons. The molecule has 4 rings (SSSR count). The summed E-state index contributed by atoms with van der Waals surface area (Å²) in [6.07, 6.45) is -1.01. The number of halogens is 3. The Bertz CT molecular complexity index is 928. The van der Waals surface area contributed by atoms with Crippen LogP contribution >= 0.6 is 0 Å². The summed E-state index contributed by atoms with van der Waals surface area (Å²) in [7, 11) is 0. The fraction of sp³-hybridized carbons (Fsp3) is 0.364. The molecule has 3 aromatic rings. The first kappa shape index (κ1) is 19.6. The topological polar surface area (TPSA) is 44.8 Å². The van der Waals surface area contributed by atoms with Crippen molar-refractivity contribution in [1.29, 1.82) is 0 Å². The Labute approximate surface area is 167 Å². The number of piperidine rings is 1. The van der Waals surface area contributed by atoms with Crippen molar-refractivity contribution < 1.29 is 13.2 Å². The Morgan fingerprint density at radius 3 is 2.45 bits per heavy atom. The van der Waals surface area contributed by atoms with Crippen molar-refractivity contribution in [2.75, 3.05) is 13.1 Å². The van der Waals surface area contributed by atoms with Crippen molar-refractivity contribution in [3.8, 4) is 11.4 Å². The van der Waals surface area contributed by atoms with E-state index < -0.39 is 11.7 Å². The Morgan fingerprint density at radius 1 is 0.966 bits per heavy atom. The number of nitrogens with zero attached hydrogens (tertiary/aromatic N) is 3. The van der Waals surface area contributed by atoms with Crippen molar-refractivity contribution in [2.24, 2.45) is 5.92 Å². The molecule has 0 bridgehead atoms. The predicted octanol–water partition coefficient (Wildman–Crippen LogP) is 4.95. The Kier molecular flexibility index (Phi) is 5.67. The third kappa shape index (κ3) is 5.03. The predicted molar refractivity (Wildman–Crippen MR) is 105 cm³/mol. The zero-order valence-corrected chi connectivity index (χ0v) is 16.0. The highest BCUT2D eigenvalue weighted by molar-refractivity contribution is 5.56. The van der Waals surface area contributed by atoms with Gasteiger partial charge in [-0.15, -0.1) is 10.2 Å². The molecule has 1 N–H and O–H groups in total. The monoisotopic (exact) mass is 400 g/mol. The molecule has 1 aliphatic rings. The number of likely N-dealkylation sites (tertiary alicyclic amines) is 1. The van der Waals surface area contributed by atoms with Gasteiger partial charge in [-0.25, -0.2) is 0 Å². The van der Waals surface area contributed by atoms with Crippen LogP contribution in [0.2, 0.25) is 0 Å². The SMILES string of the molecule is FC(F)(F)c1cccc(-c2nnc(CN3CCC(Cc4ccccc4)CC3)[nH]2)c1. The highest BCUT2D eigenvalue weighted by Gasteiger charge is 2.30. The van der Waals surface area contributed by atoms with E-state index in [1.807, 2.05) is 6.07 Å². The number of aromatic amines is 1. The highest BCUT2D eigenvalue weighted by atomic mass is 19.4. The van der Waals surface area contributed by atoms with Crippen LogP contribution < -0.4 is 0 Å². The average Bonchev–Trinajstić information content (AvgIpc) is 3.18. The summed E-state index contributed by atoms with van der Waals surface area (Å²) in [5.74, 6) is 1.73. The first-order valence-corrected chi connectivity index (χ1v) is 9.83. The van der Waals surface area contributed by atoms with E-state index >= 15 is 0 Å². The molecule has 1 aromatic heterocycles. The van der Waals surface area contributed by atoms with Gasteiger partial charge in [-0.3, -0.25) is 4.90 Å². The van der Waals surface area contributed by atoms with Crippen LogP contribution in [0.25, 0.3) is 11.4 Å². The molecule has 2 aromatic carbocycles. The van der Waals surface area contributed by atoms with Crippen molar-refractivity contribution in [2.45, 2.75) is 32.0 Å². The van der Waals surface area contributed by atoms with Crippen molar-refractivity contribution >= 4 is 0 Å². The van der Waals surface area contributed by atoms with Crippen molar-refractivity contribution in [3.63, 3.8) is 0 Å². The Hall–Kier alpha value is -2.67. The second-order valence-corrected chi connectivity index (χ2v) is 7.61. The van der Waals surface area contributed by atoms with Gasteiger partial charge in [-0.2, -0.15) is 13.2 Å². The minimum atomic E-state index is -4.37. The molecule has 1 fully saturated rings. The molecule has 0 saturated carbocycles. The standard InChI is InChI=1S/C22H23F3N4/c23-22(24,25)19-8-4-7-18(14-19)21-26-20(27-28-21)15-29-11-9-17(10-12-29)13-16-5-2-1-3-6-16/h1-8,14,17H,9-13,15H2,(H,26,27,28). The molecule has 4 nitrogen and oxygen atoms in total. The van der Waals surface area contributed by atoms with Crippen LogP contribution in [0.3, 0.4) is 0 Å². The lowest BCUT2D eigenvalue weighted by molar-refractivity contribution is -0.137. The number of nitrogens with one attached hydrogen (secondary N) is 1. The summed E-state index contributed by atoms with van der Waals surface area (Å²) in [6, 6.07) is 15.7. The number of aromatic nitrogens is 3. The van der Waals surface area contributed by atoms with Gasteiger partial charge in [-0.1, -0.05) is 42.5 Å². The molecule has 1 saturated heterocycles. The lowest BCUT2D eigenvalue weighted by Crippen LogP contribution is -2.34. The normalized spacial score (nSPS) is 16.2. The molecule has 0 atom stereocenters. The molecule has 0 radical (unpaired) electrons. The third-order valence-electron chi connectivity index (χ3n) is 5.44. The van der Waals surface area contributed by atoms with E-state index in [2.05, 4.69) is 44.3 Å². The maximum atomic E-state index is 12.9. The molecular formula is C22H23F3N4. The van der Waals surface area contributed by atoms with E-state index in [4.69, 9.17) is 0 Å². The quantitative estimate of drug-likeness (QED) is 0.659. The second-order valence-electron chi connectivity index (χ2n) is 7.61. The number of H-pyrrole nitrogens is 1. The fourth-order valence-corrected chi connectivity index (χ4v) is 3.85. The van der Waals surface area contributed by atoms with Gasteiger partial charge in [0.05, 0.1) is 12.1 Å². The van der Waals surface area contributed by atoms with Crippen LogP contribution in [-0.4, -0.2) is 33.2 Å². The minimum absolute atomic E-state index is 0.366. The van der Waals surface area contributed by atoms with Gasteiger partial charge in [0.15, 0.2) is 5.82 Å². The van der Waals surface area contributed by atoms with Crippen LogP contribution in [0, 0.1) is 5.92 Å². The minimum Gasteiger partial charge on any atom is -0.324 e. The highest BCUT2D eigenvalue weighted by Crippen LogP contribution is 2.31. The Balaban J connectivity index is 1.33. The van der Waals surface area contributed by atoms with E-state index in [-0.39, 0.29) is 0 Å². The molecule has 1 aliphatic heterocycles. The summed E-state index contributed by atoms with van der Waals surface area (Å²) in [6.45, 7) is 2.60. The largest absolute Gasteiger partial charge is 0.416 e. The van der Waals surface area contributed by atoms with Crippen molar-refractivity contribution in [3.05, 3.63) is 71.5 Å². The van der Waals surface area contributed by atoms with Crippen LogP contribution in [-0.2, 0) is 19.1 Å². The summed E-state index contributed by atoms with van der Waals surface area (Å²) in [5, 5.41) is 8.18. The number of rotatable bonds is 5. The fourth-order valence-electron chi connectivity index (χ4n) is 3.85. The van der Waals surface area contributed by atoms with Crippen LogP contribution in [0.15, 0.2) is 54.6 Å². The molecule has 0 unspecified atom stereocenters. The van der Waals surface area contributed by atoms with E-state index in [0.29, 0.717) is 29.7 Å². The third-order valence-corrected chi connectivity index (χ3v) is 5.44. The van der Waals surface area contributed by atoms with Crippen LogP contribution in [0.5, 0.6) is 0 Å². The first-order chi connectivity index (χ1) is 14.0. The van der Waals surface area contributed by atoms with E-state index in [1.54, 1.807) is 6.07 Å². The molecule has 0 spiro atoms. The lowest BCUT2D eigenvalue weighted by atomic mass is 9.90. The maximum Gasteiger partial charge on any atom is 0.416 e.